The predicted octanol–water partition coefficient (Wildman–Crippen LogP) is 4.23. The van der Waals surface area contributed by atoms with Crippen LogP contribution in [-0.2, 0) is 34.3 Å². The van der Waals surface area contributed by atoms with Crippen molar-refractivity contribution in [3.8, 4) is 5.75 Å². The van der Waals surface area contributed by atoms with Crippen LogP contribution >= 0.6 is 11.3 Å². The molecule has 2 aliphatic rings. The first-order valence-electron chi connectivity index (χ1n) is 17.9. The van der Waals surface area contributed by atoms with Crippen LogP contribution in [0.5, 0.6) is 5.75 Å². The number of methoxy groups -OCH3 is 1. The predicted molar refractivity (Wildman–Crippen MR) is 198 cm³/mol. The van der Waals surface area contributed by atoms with Crippen molar-refractivity contribution in [3.63, 3.8) is 0 Å². The van der Waals surface area contributed by atoms with Gasteiger partial charge in [0.05, 0.1) is 36.4 Å². The Kier molecular flexibility index (Phi) is 13.5. The smallest absolute Gasteiger partial charge is 0.321 e. The molecule has 3 aromatic rings. The van der Waals surface area contributed by atoms with E-state index in [1.54, 1.807) is 21.9 Å². The van der Waals surface area contributed by atoms with Crippen LogP contribution < -0.4 is 15.8 Å². The third-order valence-corrected chi connectivity index (χ3v) is 12.9. The van der Waals surface area contributed by atoms with Crippen molar-refractivity contribution in [1.29, 1.82) is 0 Å². The number of thiazole rings is 1. The first kappa shape index (κ1) is 38.7. The molecule has 0 bridgehead atoms. The number of nitrogens with two attached hydrogens (primary N) is 1. The average Bonchev–Trinajstić information content (AvgIpc) is 3.91. The van der Waals surface area contributed by atoms with E-state index >= 15 is 0 Å². The molecule has 0 spiro atoms. The number of aliphatic hydroxyl groups excluding tert-OH is 1. The van der Waals surface area contributed by atoms with E-state index < -0.39 is 28.2 Å². The van der Waals surface area contributed by atoms with Crippen molar-refractivity contribution in [3.05, 3.63) is 76.2 Å². The van der Waals surface area contributed by atoms with Crippen molar-refractivity contribution in [1.82, 2.24) is 24.4 Å². The van der Waals surface area contributed by atoms with Crippen LogP contribution in [0.2, 0.25) is 0 Å². The minimum absolute atomic E-state index is 0.114. The summed E-state index contributed by atoms with van der Waals surface area (Å²) >= 11 is 1.46. The van der Waals surface area contributed by atoms with Gasteiger partial charge in [-0.05, 0) is 60.9 Å². The molecule has 0 unspecified atom stereocenters. The fourth-order valence-electron chi connectivity index (χ4n) is 7.05. The van der Waals surface area contributed by atoms with Gasteiger partial charge >= 0.3 is 6.03 Å². The minimum atomic E-state index is -3.99. The zero-order valence-electron chi connectivity index (χ0n) is 29.8. The highest BCUT2D eigenvalue weighted by molar-refractivity contribution is 7.89. The second-order valence-electron chi connectivity index (χ2n) is 13.7. The number of sulfonamides is 1. The first-order chi connectivity index (χ1) is 24.5. The number of carbonyl (C=O) groups excluding carboxylic acids is 2. The lowest BCUT2D eigenvalue weighted by Crippen LogP contribution is -2.57. The maximum absolute atomic E-state index is 14.3. The summed E-state index contributed by atoms with van der Waals surface area (Å²) in [6.07, 6.45) is 3.60. The molecule has 1 aliphatic heterocycles. The zero-order chi connectivity index (χ0) is 36.5. The molecule has 2 heterocycles. The Morgan fingerprint density at radius 1 is 1.14 bits per heavy atom. The van der Waals surface area contributed by atoms with Gasteiger partial charge in [-0.25, -0.2) is 18.2 Å². The SMILES string of the molecule is CC[C@H](C)[C@@H](C(=O)N[C@@H](Cc1ccccc1)[C@@H](O)CN(CC1CCCC1)S(=O)(=O)c1ccc(OC)cc1)N1CCN(Cc2csc(CN)n2)C1=O. The molecule has 2 fully saturated rings. The summed E-state index contributed by atoms with van der Waals surface area (Å²) in [6, 6.07) is 13.9. The van der Waals surface area contributed by atoms with Gasteiger partial charge in [0.2, 0.25) is 15.9 Å². The number of nitrogens with zero attached hydrogens (tertiary/aromatic N) is 4. The molecular formula is C37H52N6O6S2. The van der Waals surface area contributed by atoms with Crippen molar-refractivity contribution in [2.45, 2.75) is 88.5 Å². The molecule has 0 radical (unpaired) electrons. The van der Waals surface area contributed by atoms with E-state index in [9.17, 15) is 23.1 Å². The topological polar surface area (TPSA) is 158 Å². The Balaban J connectivity index is 1.38. The van der Waals surface area contributed by atoms with Gasteiger partial charge in [0.25, 0.3) is 0 Å². The zero-order valence-corrected chi connectivity index (χ0v) is 31.4. The number of aromatic nitrogens is 1. The Labute approximate surface area is 306 Å². The van der Waals surface area contributed by atoms with Crippen LogP contribution in [0.3, 0.4) is 0 Å². The van der Waals surface area contributed by atoms with Crippen LogP contribution in [0.4, 0.5) is 4.79 Å². The summed E-state index contributed by atoms with van der Waals surface area (Å²) in [5.41, 5.74) is 7.37. The molecule has 1 saturated heterocycles. The number of urea groups is 1. The summed E-state index contributed by atoms with van der Waals surface area (Å²) < 4.78 is 34.8. The minimum Gasteiger partial charge on any atom is -0.497 e. The van der Waals surface area contributed by atoms with Crippen LogP contribution in [0, 0.1) is 11.8 Å². The molecule has 12 nitrogen and oxygen atoms in total. The fraction of sp³-hybridized carbons (Fsp3) is 0.541. The van der Waals surface area contributed by atoms with E-state index in [-0.39, 0.29) is 48.2 Å². The summed E-state index contributed by atoms with van der Waals surface area (Å²) in [6.45, 7) is 5.48. The molecule has 1 saturated carbocycles. The number of rotatable bonds is 18. The fourth-order valence-corrected chi connectivity index (χ4v) is 9.25. The number of carbonyl (C=O) groups is 2. The van der Waals surface area contributed by atoms with Crippen LogP contribution in [0.15, 0.2) is 64.9 Å². The monoisotopic (exact) mass is 740 g/mol. The number of ether oxygens (including phenoxy) is 1. The van der Waals surface area contributed by atoms with Gasteiger partial charge in [-0.3, -0.25) is 4.79 Å². The van der Waals surface area contributed by atoms with Gasteiger partial charge in [-0.15, -0.1) is 11.3 Å². The van der Waals surface area contributed by atoms with Gasteiger partial charge < -0.3 is 30.7 Å². The van der Waals surface area contributed by atoms with E-state index in [0.29, 0.717) is 38.3 Å². The molecule has 1 aromatic heterocycles. The van der Waals surface area contributed by atoms with Gasteiger partial charge in [0, 0.05) is 38.1 Å². The molecule has 2 aromatic carbocycles. The second-order valence-corrected chi connectivity index (χ2v) is 16.6. The molecule has 1 aliphatic carbocycles. The van der Waals surface area contributed by atoms with E-state index in [1.165, 1.54) is 34.9 Å². The van der Waals surface area contributed by atoms with E-state index in [1.807, 2.05) is 49.6 Å². The van der Waals surface area contributed by atoms with Gasteiger partial charge in [0.1, 0.15) is 16.8 Å². The highest BCUT2D eigenvalue weighted by Crippen LogP contribution is 2.29. The van der Waals surface area contributed by atoms with Crippen molar-refractivity contribution in [2.24, 2.45) is 17.6 Å². The molecule has 3 amide bonds. The molecule has 4 atom stereocenters. The maximum atomic E-state index is 14.3. The number of amides is 3. The lowest BCUT2D eigenvalue weighted by atomic mass is 9.95. The largest absolute Gasteiger partial charge is 0.497 e. The number of hydrogen-bond acceptors (Lipinski definition) is 9. The number of nitrogens with one attached hydrogen (secondary N) is 1. The Morgan fingerprint density at radius 2 is 1.84 bits per heavy atom. The lowest BCUT2D eigenvalue weighted by molar-refractivity contribution is -0.128. The highest BCUT2D eigenvalue weighted by Gasteiger charge is 2.41. The molecular weight excluding hydrogens is 689 g/mol. The highest BCUT2D eigenvalue weighted by atomic mass is 32.2. The first-order valence-corrected chi connectivity index (χ1v) is 20.2. The summed E-state index contributed by atoms with van der Waals surface area (Å²) in [4.78, 5) is 36.0. The number of benzene rings is 2. The second kappa shape index (κ2) is 17.8. The van der Waals surface area contributed by atoms with Gasteiger partial charge in [-0.2, -0.15) is 4.31 Å². The van der Waals surface area contributed by atoms with Crippen molar-refractivity contribution >= 4 is 33.3 Å². The standard InChI is InChI=1S/C37H52N6O6S2/c1-4-26(2)35(43-19-18-41(37(43)46)23-29-25-50-34(21-38)39-29)36(45)40-32(20-27-10-6-5-7-11-27)33(44)24-42(22-28-12-8-9-13-28)51(47,48)31-16-14-30(49-3)15-17-31/h5-7,10-11,14-17,25-26,28,32-33,35,44H,4,8-9,12-13,18-24,38H2,1-3H3,(H,40,45)/t26-,32-,33-,35-/m0/s1. The number of aliphatic hydroxyl groups is 1. The normalized spacial score (nSPS) is 17.9. The van der Waals surface area contributed by atoms with Crippen LogP contribution in [0.1, 0.15) is 62.2 Å². The average molecular weight is 741 g/mol. The molecule has 51 heavy (non-hydrogen) atoms. The summed E-state index contributed by atoms with van der Waals surface area (Å²) in [5, 5.41) is 17.7. The van der Waals surface area contributed by atoms with Crippen molar-refractivity contribution in [2.75, 3.05) is 33.3 Å². The van der Waals surface area contributed by atoms with E-state index in [2.05, 4.69) is 10.3 Å². The Morgan fingerprint density at radius 3 is 2.47 bits per heavy atom. The molecule has 278 valence electrons. The van der Waals surface area contributed by atoms with E-state index in [4.69, 9.17) is 10.5 Å². The molecule has 5 rings (SSSR count). The third kappa shape index (κ3) is 9.66. The Hall–Kier alpha value is -3.56. The number of hydrogen-bond donors (Lipinski definition) is 3. The summed E-state index contributed by atoms with van der Waals surface area (Å²) in [7, 11) is -2.47. The molecule has 4 N–H and O–H groups in total. The Bertz CT molecular complexity index is 1680. The van der Waals surface area contributed by atoms with Gasteiger partial charge in [0.15, 0.2) is 0 Å². The van der Waals surface area contributed by atoms with Crippen LogP contribution in [0.25, 0.3) is 0 Å². The maximum Gasteiger partial charge on any atom is 0.321 e. The van der Waals surface area contributed by atoms with Gasteiger partial charge in [-0.1, -0.05) is 63.4 Å². The summed E-state index contributed by atoms with van der Waals surface area (Å²) in [5.74, 6) is 0.165. The van der Waals surface area contributed by atoms with Crippen molar-refractivity contribution < 1.29 is 27.9 Å². The lowest BCUT2D eigenvalue weighted by Gasteiger charge is -2.35. The quantitative estimate of drug-likeness (QED) is 0.175. The van der Waals surface area contributed by atoms with Crippen LogP contribution in [-0.4, -0.2) is 96.0 Å². The molecule has 14 heteroatoms. The van der Waals surface area contributed by atoms with E-state index in [0.717, 1.165) is 41.9 Å². The third-order valence-electron chi connectivity index (χ3n) is 10.2.